The first-order chi connectivity index (χ1) is 8.46. The summed E-state index contributed by atoms with van der Waals surface area (Å²) in [5.74, 6) is -0.278. The van der Waals surface area contributed by atoms with Gasteiger partial charge in [0.1, 0.15) is 6.04 Å². The number of amides is 1. The monoisotopic (exact) mass is 272 g/mol. The number of imidazole rings is 1. The molecule has 0 saturated carbocycles. The maximum absolute atomic E-state index is 12.3. The first kappa shape index (κ1) is 13.0. The van der Waals surface area contributed by atoms with E-state index in [9.17, 15) is 13.2 Å². The predicted octanol–water partition coefficient (Wildman–Crippen LogP) is -0.588. The Balaban J connectivity index is 2.33. The third-order valence-electron chi connectivity index (χ3n) is 2.99. The van der Waals surface area contributed by atoms with E-state index < -0.39 is 16.1 Å². The van der Waals surface area contributed by atoms with E-state index in [1.165, 1.54) is 16.8 Å². The van der Waals surface area contributed by atoms with Crippen molar-refractivity contribution >= 4 is 15.9 Å². The van der Waals surface area contributed by atoms with Crippen molar-refractivity contribution in [2.24, 2.45) is 0 Å². The Labute approximate surface area is 106 Å². The fourth-order valence-corrected chi connectivity index (χ4v) is 3.39. The predicted molar refractivity (Wildman–Crippen MR) is 64.3 cm³/mol. The molecule has 1 aromatic rings. The second kappa shape index (κ2) is 4.69. The van der Waals surface area contributed by atoms with Crippen LogP contribution in [0.2, 0.25) is 0 Å². The molecule has 8 heteroatoms. The number of hydrogen-bond donors (Lipinski definition) is 1. The highest BCUT2D eigenvalue weighted by atomic mass is 32.2. The average molecular weight is 272 g/mol. The minimum atomic E-state index is -3.69. The van der Waals surface area contributed by atoms with Crippen LogP contribution in [0.5, 0.6) is 0 Å². The normalized spacial score (nSPS) is 21.9. The molecule has 7 nitrogen and oxygen atoms in total. The molecule has 0 spiro atoms. The Kier molecular flexibility index (Phi) is 3.40. The highest BCUT2D eigenvalue weighted by Crippen LogP contribution is 2.17. The van der Waals surface area contributed by atoms with Gasteiger partial charge in [0.15, 0.2) is 5.03 Å². The largest absolute Gasteiger partial charge is 0.353 e. The molecule has 1 N–H and O–H groups in total. The van der Waals surface area contributed by atoms with E-state index in [4.69, 9.17) is 0 Å². The summed E-state index contributed by atoms with van der Waals surface area (Å²) >= 11 is 0. The molecule has 1 unspecified atom stereocenters. The molecular formula is C10H16N4O3S. The van der Waals surface area contributed by atoms with Gasteiger partial charge in [-0.25, -0.2) is 13.4 Å². The quantitative estimate of drug-likeness (QED) is 0.797. The molecule has 1 atom stereocenters. The van der Waals surface area contributed by atoms with Crippen molar-refractivity contribution in [3.8, 4) is 0 Å². The highest BCUT2D eigenvalue weighted by molar-refractivity contribution is 7.89. The van der Waals surface area contributed by atoms with Gasteiger partial charge in [-0.1, -0.05) is 0 Å². The lowest BCUT2D eigenvalue weighted by molar-refractivity contribution is -0.126. The van der Waals surface area contributed by atoms with Crippen LogP contribution in [0.25, 0.3) is 0 Å². The van der Waals surface area contributed by atoms with Gasteiger partial charge in [0.25, 0.3) is 10.0 Å². The van der Waals surface area contributed by atoms with Crippen LogP contribution in [0.4, 0.5) is 0 Å². The molecule has 0 aromatic carbocycles. The van der Waals surface area contributed by atoms with Crippen LogP contribution in [0.1, 0.15) is 13.8 Å². The summed E-state index contributed by atoms with van der Waals surface area (Å²) in [6.45, 7) is 4.72. The van der Waals surface area contributed by atoms with Crippen molar-refractivity contribution in [2.75, 3.05) is 13.1 Å². The van der Waals surface area contributed by atoms with Gasteiger partial charge in [-0.2, -0.15) is 4.31 Å². The van der Waals surface area contributed by atoms with E-state index in [1.54, 1.807) is 11.5 Å². The van der Waals surface area contributed by atoms with E-state index in [0.29, 0.717) is 13.1 Å². The zero-order valence-electron chi connectivity index (χ0n) is 10.3. The van der Waals surface area contributed by atoms with Gasteiger partial charge in [0, 0.05) is 25.8 Å². The van der Waals surface area contributed by atoms with E-state index in [2.05, 4.69) is 10.3 Å². The van der Waals surface area contributed by atoms with Crippen molar-refractivity contribution < 1.29 is 13.2 Å². The van der Waals surface area contributed by atoms with Gasteiger partial charge in [0.05, 0.1) is 6.33 Å². The summed E-state index contributed by atoms with van der Waals surface area (Å²) in [5, 5.41) is 2.62. The topological polar surface area (TPSA) is 84.3 Å². The summed E-state index contributed by atoms with van der Waals surface area (Å²) in [7, 11) is -3.69. The first-order valence-electron chi connectivity index (χ1n) is 5.78. The van der Waals surface area contributed by atoms with Crippen molar-refractivity contribution in [3.05, 3.63) is 12.5 Å². The Morgan fingerprint density at radius 2 is 2.28 bits per heavy atom. The number of nitrogens with one attached hydrogen (secondary N) is 1. The summed E-state index contributed by atoms with van der Waals surface area (Å²) in [6, 6.07) is -0.699. The number of carbonyl (C=O) groups is 1. The van der Waals surface area contributed by atoms with Gasteiger partial charge in [0.2, 0.25) is 5.91 Å². The Bertz CT molecular complexity index is 551. The van der Waals surface area contributed by atoms with Crippen molar-refractivity contribution in [2.45, 2.75) is 31.5 Å². The Morgan fingerprint density at radius 3 is 2.89 bits per heavy atom. The summed E-state index contributed by atoms with van der Waals surface area (Å²) in [5.41, 5.74) is 0. The van der Waals surface area contributed by atoms with Gasteiger partial charge in [-0.3, -0.25) is 4.79 Å². The molecule has 0 radical (unpaired) electrons. The summed E-state index contributed by atoms with van der Waals surface area (Å²) in [6.07, 6.45) is 2.95. The molecule has 2 rings (SSSR count). The Morgan fingerprint density at radius 1 is 1.56 bits per heavy atom. The number of sulfonamides is 1. The van der Waals surface area contributed by atoms with Crippen LogP contribution in [0, 0.1) is 0 Å². The smallest absolute Gasteiger partial charge is 0.262 e. The highest BCUT2D eigenvalue weighted by Gasteiger charge is 2.36. The number of nitrogens with zero attached hydrogens (tertiary/aromatic N) is 3. The number of aryl methyl sites for hydroxylation is 1. The summed E-state index contributed by atoms with van der Waals surface area (Å²) < 4.78 is 27.6. The van der Waals surface area contributed by atoms with Gasteiger partial charge in [-0.15, -0.1) is 0 Å². The van der Waals surface area contributed by atoms with Crippen LogP contribution in [-0.2, 0) is 21.4 Å². The molecule has 18 heavy (non-hydrogen) atoms. The molecule has 2 heterocycles. The second-order valence-electron chi connectivity index (χ2n) is 4.13. The van der Waals surface area contributed by atoms with Crippen LogP contribution in [0.15, 0.2) is 17.6 Å². The van der Waals surface area contributed by atoms with Crippen molar-refractivity contribution in [1.29, 1.82) is 0 Å². The molecule has 0 bridgehead atoms. The third kappa shape index (κ3) is 2.13. The van der Waals surface area contributed by atoms with Gasteiger partial charge < -0.3 is 9.88 Å². The molecule has 0 aliphatic carbocycles. The second-order valence-corrected chi connectivity index (χ2v) is 5.96. The van der Waals surface area contributed by atoms with E-state index in [0.717, 1.165) is 0 Å². The van der Waals surface area contributed by atoms with Crippen LogP contribution in [0.3, 0.4) is 0 Å². The fraction of sp³-hybridized carbons (Fsp3) is 0.600. The maximum Gasteiger partial charge on any atom is 0.262 e. The van der Waals surface area contributed by atoms with Crippen molar-refractivity contribution in [3.63, 3.8) is 0 Å². The minimum Gasteiger partial charge on any atom is -0.353 e. The minimum absolute atomic E-state index is 0.00843. The van der Waals surface area contributed by atoms with Crippen LogP contribution >= 0.6 is 0 Å². The molecule has 1 amide bonds. The molecule has 1 aliphatic heterocycles. The third-order valence-corrected chi connectivity index (χ3v) is 4.85. The SMILES string of the molecule is CCn1cnc(S(=O)(=O)N2CCNC(=O)C2C)c1. The zero-order valence-corrected chi connectivity index (χ0v) is 11.1. The molecule has 1 aliphatic rings. The van der Waals surface area contributed by atoms with Gasteiger partial charge >= 0.3 is 0 Å². The van der Waals surface area contributed by atoms with Crippen LogP contribution in [-0.4, -0.2) is 47.3 Å². The molecule has 1 saturated heterocycles. The first-order valence-corrected chi connectivity index (χ1v) is 7.22. The van der Waals surface area contributed by atoms with E-state index in [1.807, 2.05) is 6.92 Å². The van der Waals surface area contributed by atoms with Crippen molar-refractivity contribution in [1.82, 2.24) is 19.2 Å². The molecule has 1 fully saturated rings. The zero-order chi connectivity index (χ0) is 13.3. The Hall–Kier alpha value is -1.41. The van der Waals surface area contributed by atoms with Crippen LogP contribution < -0.4 is 5.32 Å². The lowest BCUT2D eigenvalue weighted by atomic mass is 10.2. The lowest BCUT2D eigenvalue weighted by Crippen LogP contribution is -2.55. The number of carbonyl (C=O) groups excluding carboxylic acids is 1. The average Bonchev–Trinajstić information content (AvgIpc) is 2.81. The molecule has 1 aromatic heterocycles. The number of rotatable bonds is 3. The fourth-order valence-electron chi connectivity index (χ4n) is 1.86. The number of aromatic nitrogens is 2. The number of hydrogen-bond acceptors (Lipinski definition) is 4. The maximum atomic E-state index is 12.3. The lowest BCUT2D eigenvalue weighted by Gasteiger charge is -2.30. The van der Waals surface area contributed by atoms with Gasteiger partial charge in [-0.05, 0) is 13.8 Å². The van der Waals surface area contributed by atoms with E-state index >= 15 is 0 Å². The number of piperazine rings is 1. The standard InChI is InChI=1S/C10H16N4O3S/c1-3-13-6-9(12-7-13)18(16,17)14-5-4-11-10(15)8(14)2/h6-8H,3-5H2,1-2H3,(H,11,15). The molecular weight excluding hydrogens is 256 g/mol. The van der Waals surface area contributed by atoms with E-state index in [-0.39, 0.29) is 17.5 Å². The summed E-state index contributed by atoms with van der Waals surface area (Å²) in [4.78, 5) is 15.4. The molecule has 100 valence electrons.